The van der Waals surface area contributed by atoms with Gasteiger partial charge in [0.1, 0.15) is 0 Å². The molecule has 116 valence electrons. The summed E-state index contributed by atoms with van der Waals surface area (Å²) < 4.78 is 25.9. The van der Waals surface area contributed by atoms with Crippen molar-refractivity contribution in [1.82, 2.24) is 14.5 Å². The molecule has 1 aromatic carbocycles. The first-order valence-corrected chi connectivity index (χ1v) is 7.66. The Kier molecular flexibility index (Phi) is 8.30. The number of likely N-dealkylation sites (N-methyl/N-ethyl adjacent to an activating group) is 2. The molecule has 1 N–H and O–H groups in total. The van der Waals surface area contributed by atoms with Crippen LogP contribution in [0.15, 0.2) is 29.2 Å². The second kappa shape index (κ2) is 8.59. The number of rotatable bonds is 7. The zero-order valence-corrected chi connectivity index (χ0v) is 14.1. The second-order valence-electron chi connectivity index (χ2n) is 4.81. The lowest BCUT2D eigenvalue weighted by atomic mass is 10.2. The largest absolute Gasteiger partial charge is 0.318 e. The van der Waals surface area contributed by atoms with Crippen LogP contribution in [0.1, 0.15) is 5.56 Å². The Morgan fingerprint density at radius 2 is 1.65 bits per heavy atom. The van der Waals surface area contributed by atoms with Crippen molar-refractivity contribution in [3.63, 3.8) is 0 Å². The Hall–Kier alpha value is -0.660. The summed E-state index contributed by atoms with van der Waals surface area (Å²) in [5.74, 6) is 0. The zero-order chi connectivity index (χ0) is 14.5. The molecule has 0 spiro atoms. The van der Waals surface area contributed by atoms with Gasteiger partial charge in [0.15, 0.2) is 0 Å². The normalized spacial score (nSPS) is 11.7. The average Bonchev–Trinajstić information content (AvgIpc) is 2.35. The van der Waals surface area contributed by atoms with Gasteiger partial charge in [-0.05, 0) is 38.8 Å². The molecule has 0 atom stereocenters. The van der Waals surface area contributed by atoms with Crippen molar-refractivity contribution >= 4 is 22.4 Å². The van der Waals surface area contributed by atoms with Crippen LogP contribution in [0.25, 0.3) is 0 Å². The van der Waals surface area contributed by atoms with Crippen LogP contribution in [0, 0.1) is 0 Å². The lowest BCUT2D eigenvalue weighted by Crippen LogP contribution is -2.32. The van der Waals surface area contributed by atoms with E-state index in [1.165, 1.54) is 4.31 Å². The molecule has 20 heavy (non-hydrogen) atoms. The molecule has 0 radical (unpaired) electrons. The maximum absolute atomic E-state index is 12.3. The van der Waals surface area contributed by atoms with Gasteiger partial charge in [-0.1, -0.05) is 12.1 Å². The number of halogens is 1. The zero-order valence-electron chi connectivity index (χ0n) is 12.5. The van der Waals surface area contributed by atoms with Crippen molar-refractivity contribution < 1.29 is 8.42 Å². The lowest BCUT2D eigenvalue weighted by molar-refractivity contribution is 0.402. The quantitative estimate of drug-likeness (QED) is 0.814. The highest BCUT2D eigenvalue weighted by atomic mass is 35.5. The van der Waals surface area contributed by atoms with Crippen LogP contribution in [0.4, 0.5) is 0 Å². The fraction of sp³-hybridized carbons (Fsp3) is 0.538. The Labute approximate surface area is 128 Å². The maximum Gasteiger partial charge on any atom is 0.242 e. The lowest BCUT2D eigenvalue weighted by Gasteiger charge is -2.17. The summed E-state index contributed by atoms with van der Waals surface area (Å²) in [5.41, 5.74) is 1.10. The molecule has 7 heteroatoms. The van der Waals surface area contributed by atoms with Crippen molar-refractivity contribution in [2.75, 3.05) is 41.3 Å². The Bertz CT molecular complexity index is 489. The molecule has 1 aromatic rings. The highest BCUT2D eigenvalue weighted by molar-refractivity contribution is 7.89. The van der Waals surface area contributed by atoms with Crippen LogP contribution >= 0.6 is 12.4 Å². The highest BCUT2D eigenvalue weighted by Gasteiger charge is 2.19. The van der Waals surface area contributed by atoms with Gasteiger partial charge in [0.2, 0.25) is 10.0 Å². The van der Waals surface area contributed by atoms with Crippen LogP contribution in [0.2, 0.25) is 0 Å². The van der Waals surface area contributed by atoms with E-state index < -0.39 is 10.0 Å². The van der Waals surface area contributed by atoms with Crippen molar-refractivity contribution in [2.45, 2.75) is 11.4 Å². The molecular weight excluding hydrogens is 298 g/mol. The molecule has 0 saturated heterocycles. The minimum atomic E-state index is -3.38. The van der Waals surface area contributed by atoms with Crippen LogP contribution in [0.5, 0.6) is 0 Å². The number of nitrogens with one attached hydrogen (secondary N) is 1. The summed E-state index contributed by atoms with van der Waals surface area (Å²) in [7, 11) is 3.99. The molecule has 0 aliphatic heterocycles. The minimum Gasteiger partial charge on any atom is -0.318 e. The molecule has 0 heterocycles. The summed E-state index contributed by atoms with van der Waals surface area (Å²) in [5, 5.41) is 2.94. The smallest absolute Gasteiger partial charge is 0.242 e. The third-order valence-electron chi connectivity index (χ3n) is 2.81. The summed E-state index contributed by atoms with van der Waals surface area (Å²) >= 11 is 0. The van der Waals surface area contributed by atoms with Gasteiger partial charge in [-0.25, -0.2) is 8.42 Å². The van der Waals surface area contributed by atoms with Crippen molar-refractivity contribution in [2.24, 2.45) is 0 Å². The SMILES string of the molecule is CNCCN(C)S(=O)(=O)c1ccc(CN(C)C)cc1.Cl. The molecule has 0 amide bonds. The first-order valence-electron chi connectivity index (χ1n) is 6.22. The number of hydrogen-bond acceptors (Lipinski definition) is 4. The number of benzene rings is 1. The van der Waals surface area contributed by atoms with E-state index in [-0.39, 0.29) is 12.4 Å². The summed E-state index contributed by atoms with van der Waals surface area (Å²) in [6, 6.07) is 7.06. The minimum absolute atomic E-state index is 0. The monoisotopic (exact) mass is 321 g/mol. The van der Waals surface area contributed by atoms with Gasteiger partial charge in [-0.2, -0.15) is 4.31 Å². The Balaban J connectivity index is 0.00000361. The van der Waals surface area contributed by atoms with E-state index in [0.717, 1.165) is 12.1 Å². The molecular formula is C13H24ClN3O2S. The average molecular weight is 322 g/mol. The van der Waals surface area contributed by atoms with Gasteiger partial charge in [0.05, 0.1) is 4.90 Å². The number of hydrogen-bond donors (Lipinski definition) is 1. The van der Waals surface area contributed by atoms with Crippen molar-refractivity contribution in [3.8, 4) is 0 Å². The molecule has 0 bridgehead atoms. The van der Waals surface area contributed by atoms with E-state index in [1.54, 1.807) is 26.2 Å². The van der Waals surface area contributed by atoms with Gasteiger partial charge in [0.25, 0.3) is 0 Å². The van der Waals surface area contributed by atoms with E-state index >= 15 is 0 Å². The van der Waals surface area contributed by atoms with Gasteiger partial charge in [-0.3, -0.25) is 0 Å². The van der Waals surface area contributed by atoms with Crippen LogP contribution in [-0.4, -0.2) is 58.9 Å². The molecule has 0 aliphatic rings. The van der Waals surface area contributed by atoms with E-state index in [9.17, 15) is 8.42 Å². The van der Waals surface area contributed by atoms with Gasteiger partial charge < -0.3 is 10.2 Å². The Morgan fingerprint density at radius 1 is 1.10 bits per heavy atom. The van der Waals surface area contributed by atoms with E-state index in [2.05, 4.69) is 5.32 Å². The summed E-state index contributed by atoms with van der Waals surface area (Å²) in [6.45, 7) is 1.89. The van der Waals surface area contributed by atoms with E-state index in [4.69, 9.17) is 0 Å². The van der Waals surface area contributed by atoms with Gasteiger partial charge >= 0.3 is 0 Å². The molecule has 0 fully saturated rings. The van der Waals surface area contributed by atoms with Crippen molar-refractivity contribution in [3.05, 3.63) is 29.8 Å². The van der Waals surface area contributed by atoms with Gasteiger partial charge in [0, 0.05) is 26.7 Å². The molecule has 0 unspecified atom stereocenters. The third-order valence-corrected chi connectivity index (χ3v) is 4.68. The van der Waals surface area contributed by atoms with E-state index in [0.29, 0.717) is 18.0 Å². The standard InChI is InChI=1S/C13H23N3O2S.ClH/c1-14-9-10-16(4)19(17,18)13-7-5-12(6-8-13)11-15(2)3;/h5-8,14H,9-11H2,1-4H3;1H. The number of nitrogens with zero attached hydrogens (tertiary/aromatic N) is 2. The highest BCUT2D eigenvalue weighted by Crippen LogP contribution is 2.15. The predicted octanol–water partition coefficient (Wildman–Crippen LogP) is 1.01. The molecule has 0 aliphatic carbocycles. The molecule has 0 saturated carbocycles. The van der Waals surface area contributed by atoms with Crippen LogP contribution in [-0.2, 0) is 16.6 Å². The number of sulfonamides is 1. The first kappa shape index (κ1) is 19.3. The predicted molar refractivity (Wildman–Crippen MR) is 84.8 cm³/mol. The van der Waals surface area contributed by atoms with Crippen LogP contribution in [0.3, 0.4) is 0 Å². The van der Waals surface area contributed by atoms with E-state index in [1.807, 2.05) is 31.1 Å². The third kappa shape index (κ3) is 5.38. The first-order chi connectivity index (χ1) is 8.87. The summed E-state index contributed by atoms with van der Waals surface area (Å²) in [4.78, 5) is 2.39. The molecule has 5 nitrogen and oxygen atoms in total. The maximum atomic E-state index is 12.3. The van der Waals surface area contributed by atoms with Crippen LogP contribution < -0.4 is 5.32 Å². The second-order valence-corrected chi connectivity index (χ2v) is 6.86. The topological polar surface area (TPSA) is 52.7 Å². The Morgan fingerprint density at radius 3 is 2.10 bits per heavy atom. The van der Waals surface area contributed by atoms with Gasteiger partial charge in [-0.15, -0.1) is 12.4 Å². The van der Waals surface area contributed by atoms with Crippen molar-refractivity contribution in [1.29, 1.82) is 0 Å². The fourth-order valence-corrected chi connectivity index (χ4v) is 2.87. The fourth-order valence-electron chi connectivity index (χ4n) is 1.70. The molecule has 1 rings (SSSR count). The molecule has 0 aromatic heterocycles. The summed E-state index contributed by atoms with van der Waals surface area (Å²) in [6.07, 6.45) is 0.